The predicted molar refractivity (Wildman–Crippen MR) is 85.6 cm³/mol. The molecule has 2 heterocycles. The normalized spacial score (nSPS) is 14.2. The van der Waals surface area contributed by atoms with Gasteiger partial charge in [-0.25, -0.2) is 9.97 Å². The molecule has 1 saturated carbocycles. The van der Waals surface area contributed by atoms with E-state index in [1.807, 2.05) is 18.7 Å². The molecule has 21 heavy (non-hydrogen) atoms. The Morgan fingerprint density at radius 2 is 2.05 bits per heavy atom. The lowest BCUT2D eigenvalue weighted by Gasteiger charge is -2.19. The van der Waals surface area contributed by atoms with Crippen LogP contribution in [0.2, 0.25) is 0 Å². The molecule has 1 aliphatic rings. The fraction of sp³-hybridized carbons (Fsp3) is 0.500. The zero-order chi connectivity index (χ0) is 14.7. The van der Waals surface area contributed by atoms with E-state index in [0.717, 1.165) is 31.1 Å². The summed E-state index contributed by atoms with van der Waals surface area (Å²) in [5.41, 5.74) is 2.29. The van der Waals surface area contributed by atoms with E-state index in [1.165, 1.54) is 18.5 Å². The molecule has 5 heteroatoms. The van der Waals surface area contributed by atoms with E-state index in [4.69, 9.17) is 0 Å². The first kappa shape index (κ1) is 13.9. The van der Waals surface area contributed by atoms with Gasteiger partial charge in [-0.1, -0.05) is 0 Å². The summed E-state index contributed by atoms with van der Waals surface area (Å²) in [5, 5.41) is 3.43. The molecular weight excluding hydrogens is 262 g/mol. The van der Waals surface area contributed by atoms with Crippen LogP contribution in [0.3, 0.4) is 0 Å². The van der Waals surface area contributed by atoms with Crippen molar-refractivity contribution in [2.24, 2.45) is 0 Å². The quantitative estimate of drug-likeness (QED) is 0.849. The zero-order valence-electron chi connectivity index (χ0n) is 12.8. The minimum atomic E-state index is 0.674. The third-order valence-corrected chi connectivity index (χ3v) is 4.00. The Morgan fingerprint density at radius 1 is 1.24 bits per heavy atom. The average molecular weight is 285 g/mol. The summed E-state index contributed by atoms with van der Waals surface area (Å²) in [5.74, 6) is 1.04. The van der Waals surface area contributed by atoms with Gasteiger partial charge in [0.15, 0.2) is 0 Å². The van der Waals surface area contributed by atoms with Crippen LogP contribution >= 0.6 is 0 Å². The Labute approximate surface area is 126 Å². The third kappa shape index (κ3) is 3.17. The number of rotatable bonds is 7. The summed E-state index contributed by atoms with van der Waals surface area (Å²) in [4.78, 5) is 11.0. The summed E-state index contributed by atoms with van der Waals surface area (Å²) < 4.78 is 2.28. The molecule has 0 aliphatic heterocycles. The van der Waals surface area contributed by atoms with Crippen LogP contribution in [0, 0.1) is 0 Å². The largest absolute Gasteiger partial charge is 0.378 e. The lowest BCUT2D eigenvalue weighted by Crippen LogP contribution is -2.22. The molecule has 0 bridgehead atoms. The standard InChI is InChI=1S/C16H23N5/c1-3-20(4-2)16-8-5-13(9-19-16)18-11-15-10-17-12-21(15)14-6-7-14/h5,8-10,12,14,18H,3-4,6-7,11H2,1-2H3. The molecule has 1 fully saturated rings. The number of nitrogens with zero attached hydrogens (tertiary/aromatic N) is 4. The smallest absolute Gasteiger partial charge is 0.128 e. The van der Waals surface area contributed by atoms with Gasteiger partial charge in [0.05, 0.1) is 30.5 Å². The summed E-state index contributed by atoms with van der Waals surface area (Å²) in [7, 11) is 0. The second kappa shape index (κ2) is 6.16. The van der Waals surface area contributed by atoms with Crippen molar-refractivity contribution in [1.29, 1.82) is 0 Å². The van der Waals surface area contributed by atoms with Crippen LogP contribution in [0.1, 0.15) is 38.4 Å². The van der Waals surface area contributed by atoms with Crippen molar-refractivity contribution in [3.8, 4) is 0 Å². The van der Waals surface area contributed by atoms with Crippen molar-refractivity contribution in [2.75, 3.05) is 23.3 Å². The predicted octanol–water partition coefficient (Wildman–Crippen LogP) is 3.07. The van der Waals surface area contributed by atoms with Crippen LogP contribution < -0.4 is 10.2 Å². The van der Waals surface area contributed by atoms with Crippen molar-refractivity contribution in [1.82, 2.24) is 14.5 Å². The van der Waals surface area contributed by atoms with Crippen molar-refractivity contribution < 1.29 is 0 Å². The van der Waals surface area contributed by atoms with Crippen molar-refractivity contribution in [2.45, 2.75) is 39.3 Å². The molecule has 1 aliphatic carbocycles. The molecule has 0 spiro atoms. The SMILES string of the molecule is CCN(CC)c1ccc(NCc2cncn2C2CC2)cn1. The molecule has 112 valence electrons. The molecule has 0 saturated heterocycles. The highest BCUT2D eigenvalue weighted by Gasteiger charge is 2.24. The summed E-state index contributed by atoms with van der Waals surface area (Å²) in [6, 6.07) is 4.85. The van der Waals surface area contributed by atoms with Crippen LogP contribution in [-0.4, -0.2) is 27.6 Å². The van der Waals surface area contributed by atoms with Crippen LogP contribution in [-0.2, 0) is 6.54 Å². The van der Waals surface area contributed by atoms with Gasteiger partial charge in [0.2, 0.25) is 0 Å². The summed E-state index contributed by atoms with van der Waals surface area (Å²) in [6.07, 6.45) is 8.36. The number of nitrogens with one attached hydrogen (secondary N) is 1. The van der Waals surface area contributed by atoms with E-state index in [0.29, 0.717) is 6.04 Å². The third-order valence-electron chi connectivity index (χ3n) is 4.00. The lowest BCUT2D eigenvalue weighted by atomic mass is 10.3. The monoisotopic (exact) mass is 285 g/mol. The lowest BCUT2D eigenvalue weighted by molar-refractivity contribution is 0.701. The molecule has 2 aromatic rings. The highest BCUT2D eigenvalue weighted by atomic mass is 15.2. The van der Waals surface area contributed by atoms with Gasteiger partial charge in [-0.3, -0.25) is 0 Å². The number of hydrogen-bond acceptors (Lipinski definition) is 4. The Kier molecular flexibility index (Phi) is 4.08. The number of imidazole rings is 1. The Hall–Kier alpha value is -2.04. The van der Waals surface area contributed by atoms with E-state index in [-0.39, 0.29) is 0 Å². The molecule has 0 atom stereocenters. The van der Waals surface area contributed by atoms with Gasteiger partial charge >= 0.3 is 0 Å². The fourth-order valence-corrected chi connectivity index (χ4v) is 2.57. The Morgan fingerprint density at radius 3 is 2.67 bits per heavy atom. The van der Waals surface area contributed by atoms with Crippen molar-refractivity contribution >= 4 is 11.5 Å². The second-order valence-corrected chi connectivity index (χ2v) is 5.45. The maximum absolute atomic E-state index is 4.53. The van der Waals surface area contributed by atoms with Crippen molar-refractivity contribution in [3.63, 3.8) is 0 Å². The second-order valence-electron chi connectivity index (χ2n) is 5.45. The molecular formula is C16H23N5. The van der Waals surface area contributed by atoms with E-state index >= 15 is 0 Å². The van der Waals surface area contributed by atoms with Crippen LogP contribution in [0.5, 0.6) is 0 Å². The van der Waals surface area contributed by atoms with Gasteiger partial charge in [0.1, 0.15) is 5.82 Å². The summed E-state index contributed by atoms with van der Waals surface area (Å²) in [6.45, 7) is 7.06. The van der Waals surface area contributed by atoms with Gasteiger partial charge in [-0.2, -0.15) is 0 Å². The molecule has 2 aromatic heterocycles. The topological polar surface area (TPSA) is 46.0 Å². The molecule has 0 unspecified atom stereocenters. The zero-order valence-corrected chi connectivity index (χ0v) is 12.8. The van der Waals surface area contributed by atoms with Gasteiger partial charge < -0.3 is 14.8 Å². The maximum atomic E-state index is 4.53. The van der Waals surface area contributed by atoms with Gasteiger partial charge in [-0.15, -0.1) is 0 Å². The van der Waals surface area contributed by atoms with Gasteiger partial charge in [-0.05, 0) is 38.8 Å². The Bertz CT molecular complexity index is 567. The van der Waals surface area contributed by atoms with E-state index in [1.54, 1.807) is 0 Å². The average Bonchev–Trinajstić information content (AvgIpc) is 3.26. The fourth-order valence-electron chi connectivity index (χ4n) is 2.57. The molecule has 0 radical (unpaired) electrons. The highest BCUT2D eigenvalue weighted by molar-refractivity contribution is 5.48. The first-order valence-electron chi connectivity index (χ1n) is 7.77. The molecule has 1 N–H and O–H groups in total. The molecule has 0 amide bonds. The van der Waals surface area contributed by atoms with Gasteiger partial charge in [0, 0.05) is 25.3 Å². The van der Waals surface area contributed by atoms with E-state index < -0.39 is 0 Å². The summed E-state index contributed by atoms with van der Waals surface area (Å²) >= 11 is 0. The molecule has 3 rings (SSSR count). The van der Waals surface area contributed by atoms with Crippen LogP contribution in [0.25, 0.3) is 0 Å². The number of anilines is 2. The number of aromatic nitrogens is 3. The highest BCUT2D eigenvalue weighted by Crippen LogP contribution is 2.35. The Balaban J connectivity index is 1.61. The van der Waals surface area contributed by atoms with E-state index in [2.05, 4.69) is 50.7 Å². The maximum Gasteiger partial charge on any atom is 0.128 e. The molecule has 5 nitrogen and oxygen atoms in total. The number of hydrogen-bond donors (Lipinski definition) is 1. The van der Waals surface area contributed by atoms with Crippen LogP contribution in [0.4, 0.5) is 11.5 Å². The van der Waals surface area contributed by atoms with E-state index in [9.17, 15) is 0 Å². The molecule has 0 aromatic carbocycles. The minimum absolute atomic E-state index is 0.674. The minimum Gasteiger partial charge on any atom is -0.378 e. The number of pyridine rings is 1. The first-order valence-corrected chi connectivity index (χ1v) is 7.77. The van der Waals surface area contributed by atoms with Crippen molar-refractivity contribution in [3.05, 3.63) is 36.5 Å². The van der Waals surface area contributed by atoms with Crippen LogP contribution in [0.15, 0.2) is 30.9 Å². The first-order chi connectivity index (χ1) is 10.3. The van der Waals surface area contributed by atoms with Gasteiger partial charge in [0.25, 0.3) is 0 Å².